The number of anilines is 1. The van der Waals surface area contributed by atoms with Crippen molar-refractivity contribution >= 4 is 38.3 Å². The molecule has 0 spiro atoms. The lowest BCUT2D eigenvalue weighted by molar-refractivity contribution is -0.135. The number of hydrogen-bond acceptors (Lipinski definition) is 5. The van der Waals surface area contributed by atoms with E-state index in [0.29, 0.717) is 53.9 Å². The Morgan fingerprint density at radius 1 is 0.921 bits per heavy atom. The number of amides is 2. The fraction of sp³-hybridized carbons (Fsp3) is 0.379. The summed E-state index contributed by atoms with van der Waals surface area (Å²) in [6.07, 6.45) is 2.12. The van der Waals surface area contributed by atoms with E-state index in [1.54, 1.807) is 36.4 Å². The summed E-state index contributed by atoms with van der Waals surface area (Å²) in [7, 11) is -3.83. The van der Waals surface area contributed by atoms with Gasteiger partial charge in [-0.15, -0.1) is 0 Å². The Balaban J connectivity index is 1.31. The SMILES string of the molecule is Cc1ccccc1C(=O)Nc1cccc2c(S(=O)(=O)NC3CCN(C(=O)[C@H]4NCC[C@@H]4C)CC3)cccc12. The molecule has 38 heavy (non-hydrogen) atoms. The van der Waals surface area contributed by atoms with Crippen LogP contribution >= 0.6 is 0 Å². The van der Waals surface area contributed by atoms with Crippen LogP contribution < -0.4 is 15.4 Å². The van der Waals surface area contributed by atoms with Crippen LogP contribution in [0.3, 0.4) is 0 Å². The predicted molar refractivity (Wildman–Crippen MR) is 149 cm³/mol. The van der Waals surface area contributed by atoms with Gasteiger partial charge in [-0.25, -0.2) is 13.1 Å². The van der Waals surface area contributed by atoms with Crippen molar-refractivity contribution in [3.8, 4) is 0 Å². The van der Waals surface area contributed by atoms with Crippen molar-refractivity contribution in [3.63, 3.8) is 0 Å². The zero-order valence-electron chi connectivity index (χ0n) is 21.7. The highest BCUT2D eigenvalue weighted by molar-refractivity contribution is 7.89. The highest BCUT2D eigenvalue weighted by Crippen LogP contribution is 2.30. The van der Waals surface area contributed by atoms with Gasteiger partial charge in [-0.05, 0) is 62.4 Å². The summed E-state index contributed by atoms with van der Waals surface area (Å²) in [5.74, 6) is 0.188. The lowest BCUT2D eigenvalue weighted by Crippen LogP contribution is -2.51. The molecule has 5 rings (SSSR count). The van der Waals surface area contributed by atoms with Crippen LogP contribution in [0.5, 0.6) is 0 Å². The molecule has 0 unspecified atom stereocenters. The van der Waals surface area contributed by atoms with Crippen molar-refractivity contribution in [1.29, 1.82) is 0 Å². The van der Waals surface area contributed by atoms with E-state index in [-0.39, 0.29) is 28.8 Å². The van der Waals surface area contributed by atoms with Gasteiger partial charge < -0.3 is 15.5 Å². The molecule has 2 aliphatic heterocycles. The molecule has 9 heteroatoms. The minimum Gasteiger partial charge on any atom is -0.341 e. The molecular formula is C29H34N4O4S. The summed E-state index contributed by atoms with van der Waals surface area (Å²) in [6.45, 7) is 5.88. The summed E-state index contributed by atoms with van der Waals surface area (Å²) >= 11 is 0. The van der Waals surface area contributed by atoms with E-state index in [4.69, 9.17) is 0 Å². The van der Waals surface area contributed by atoms with Gasteiger partial charge in [0.2, 0.25) is 15.9 Å². The number of likely N-dealkylation sites (tertiary alicyclic amines) is 1. The highest BCUT2D eigenvalue weighted by atomic mass is 32.2. The zero-order chi connectivity index (χ0) is 26.9. The van der Waals surface area contributed by atoms with Crippen LogP contribution in [0.4, 0.5) is 5.69 Å². The predicted octanol–water partition coefficient (Wildman–Crippen LogP) is 3.67. The Morgan fingerprint density at radius 3 is 2.34 bits per heavy atom. The van der Waals surface area contributed by atoms with Gasteiger partial charge in [-0.1, -0.05) is 49.4 Å². The second-order valence-corrected chi connectivity index (χ2v) is 12.0. The monoisotopic (exact) mass is 534 g/mol. The number of carbonyl (C=O) groups is 2. The summed E-state index contributed by atoms with van der Waals surface area (Å²) < 4.78 is 29.9. The molecule has 3 N–H and O–H groups in total. The van der Waals surface area contributed by atoms with E-state index in [1.165, 1.54) is 0 Å². The Bertz CT molecular complexity index is 1460. The van der Waals surface area contributed by atoms with Gasteiger partial charge in [0.1, 0.15) is 0 Å². The lowest BCUT2D eigenvalue weighted by Gasteiger charge is -2.34. The number of nitrogens with one attached hydrogen (secondary N) is 3. The number of aryl methyl sites for hydroxylation is 1. The summed E-state index contributed by atoms with van der Waals surface area (Å²) in [6, 6.07) is 17.3. The van der Waals surface area contributed by atoms with Crippen molar-refractivity contribution < 1.29 is 18.0 Å². The smallest absolute Gasteiger partial charge is 0.255 e. The van der Waals surface area contributed by atoms with Crippen LogP contribution in [0.25, 0.3) is 10.8 Å². The van der Waals surface area contributed by atoms with Crippen molar-refractivity contribution in [2.75, 3.05) is 25.0 Å². The number of nitrogens with zero attached hydrogens (tertiary/aromatic N) is 1. The van der Waals surface area contributed by atoms with Gasteiger partial charge in [0.05, 0.1) is 10.9 Å². The molecule has 8 nitrogen and oxygen atoms in total. The molecule has 2 amide bonds. The van der Waals surface area contributed by atoms with Gasteiger partial charge >= 0.3 is 0 Å². The van der Waals surface area contributed by atoms with Crippen molar-refractivity contribution in [2.24, 2.45) is 5.92 Å². The third kappa shape index (κ3) is 5.32. The van der Waals surface area contributed by atoms with E-state index in [1.807, 2.05) is 36.1 Å². The molecule has 0 aliphatic carbocycles. The Hall–Kier alpha value is -3.27. The molecule has 200 valence electrons. The third-order valence-electron chi connectivity index (χ3n) is 7.74. The average Bonchev–Trinajstić information content (AvgIpc) is 3.34. The molecular weight excluding hydrogens is 500 g/mol. The molecule has 2 aliphatic rings. The first kappa shape index (κ1) is 26.3. The van der Waals surface area contributed by atoms with Gasteiger partial charge in [-0.2, -0.15) is 0 Å². The van der Waals surface area contributed by atoms with E-state index in [2.05, 4.69) is 22.3 Å². The topological polar surface area (TPSA) is 108 Å². The second-order valence-electron chi connectivity index (χ2n) is 10.3. The van der Waals surface area contributed by atoms with Crippen LogP contribution in [0.15, 0.2) is 65.6 Å². The number of rotatable bonds is 6. The largest absolute Gasteiger partial charge is 0.341 e. The molecule has 0 saturated carbocycles. The molecule has 2 fully saturated rings. The standard InChI is InChI=1S/C29H34N4O4S/c1-19-7-3-4-8-22(19)28(34)31-25-11-5-10-24-23(25)9-6-12-26(24)38(36,37)32-21-14-17-33(18-15-21)29(35)27-20(2)13-16-30-27/h3-12,20-21,27,30,32H,13-18H2,1-2H3,(H,31,34)/t20-,27-/m0/s1. The number of fused-ring (bicyclic) bond motifs is 1. The fourth-order valence-electron chi connectivity index (χ4n) is 5.50. The first-order valence-corrected chi connectivity index (χ1v) is 14.7. The molecule has 2 saturated heterocycles. The van der Waals surface area contributed by atoms with Gasteiger partial charge in [0, 0.05) is 41.2 Å². The summed E-state index contributed by atoms with van der Waals surface area (Å²) in [4.78, 5) is 27.8. The summed E-state index contributed by atoms with van der Waals surface area (Å²) in [5, 5.41) is 7.42. The summed E-state index contributed by atoms with van der Waals surface area (Å²) in [5.41, 5.74) is 1.98. The van der Waals surface area contributed by atoms with E-state index in [0.717, 1.165) is 18.5 Å². The Labute approximate surface area is 223 Å². The quantitative estimate of drug-likeness (QED) is 0.447. The molecule has 0 bridgehead atoms. The molecule has 0 radical (unpaired) electrons. The van der Waals surface area contributed by atoms with Gasteiger partial charge in [0.15, 0.2) is 0 Å². The average molecular weight is 535 g/mol. The minimum absolute atomic E-state index is 0.116. The Kier molecular flexibility index (Phi) is 7.52. The van der Waals surface area contributed by atoms with Gasteiger partial charge in [0.25, 0.3) is 5.91 Å². The maximum Gasteiger partial charge on any atom is 0.255 e. The minimum atomic E-state index is -3.83. The van der Waals surface area contributed by atoms with Crippen molar-refractivity contribution in [2.45, 2.75) is 50.1 Å². The van der Waals surface area contributed by atoms with E-state index in [9.17, 15) is 18.0 Å². The van der Waals surface area contributed by atoms with E-state index >= 15 is 0 Å². The molecule has 2 atom stereocenters. The number of sulfonamides is 1. The van der Waals surface area contributed by atoms with Crippen molar-refractivity contribution in [3.05, 3.63) is 71.8 Å². The van der Waals surface area contributed by atoms with Crippen LogP contribution in [0.1, 0.15) is 42.1 Å². The number of piperidine rings is 1. The van der Waals surface area contributed by atoms with E-state index < -0.39 is 10.0 Å². The maximum absolute atomic E-state index is 13.5. The number of hydrogen-bond donors (Lipinski definition) is 3. The maximum atomic E-state index is 13.5. The molecule has 3 aromatic rings. The molecule has 0 aromatic heterocycles. The van der Waals surface area contributed by atoms with Crippen LogP contribution in [0.2, 0.25) is 0 Å². The van der Waals surface area contributed by atoms with Crippen LogP contribution in [-0.4, -0.2) is 56.9 Å². The fourth-order valence-corrected chi connectivity index (χ4v) is 7.03. The Morgan fingerprint density at radius 2 is 1.63 bits per heavy atom. The van der Waals surface area contributed by atoms with Gasteiger partial charge in [-0.3, -0.25) is 9.59 Å². The first-order valence-electron chi connectivity index (χ1n) is 13.2. The second kappa shape index (κ2) is 10.8. The third-order valence-corrected chi connectivity index (χ3v) is 9.32. The van der Waals surface area contributed by atoms with Crippen LogP contribution in [-0.2, 0) is 14.8 Å². The lowest BCUT2D eigenvalue weighted by atomic mass is 10.00. The van der Waals surface area contributed by atoms with Crippen molar-refractivity contribution in [1.82, 2.24) is 14.9 Å². The highest BCUT2D eigenvalue weighted by Gasteiger charge is 2.35. The zero-order valence-corrected chi connectivity index (χ0v) is 22.6. The number of carbonyl (C=O) groups excluding carboxylic acids is 2. The first-order chi connectivity index (χ1) is 18.2. The molecule has 3 aromatic carbocycles. The molecule has 2 heterocycles. The van der Waals surface area contributed by atoms with Crippen LogP contribution in [0, 0.1) is 12.8 Å². The normalized spacial score (nSPS) is 20.5. The number of benzene rings is 3.